The predicted molar refractivity (Wildman–Crippen MR) is 55.1 cm³/mol. The number of rotatable bonds is 4. The van der Waals surface area contributed by atoms with Gasteiger partial charge in [-0.3, -0.25) is 4.79 Å². The number of hydrogen-bond donors (Lipinski definition) is 4. The zero-order valence-electron chi connectivity index (χ0n) is 8.25. The number of carbonyl (C=O) groups excluding carboxylic acids is 1. The lowest BCUT2D eigenvalue weighted by Gasteiger charge is -2.10. The third-order valence-corrected chi connectivity index (χ3v) is 1.89. The fourth-order valence-corrected chi connectivity index (χ4v) is 1.08. The summed E-state index contributed by atoms with van der Waals surface area (Å²) in [5.41, 5.74) is -0.00603. The van der Waals surface area contributed by atoms with Crippen LogP contribution in [-0.4, -0.2) is 39.9 Å². The molecule has 0 fully saturated rings. The largest absolute Gasteiger partial charge is 0.478 e. The van der Waals surface area contributed by atoms with Crippen LogP contribution in [0.2, 0.25) is 0 Å². The molecule has 0 saturated heterocycles. The highest BCUT2D eigenvalue weighted by atomic mass is 16.4. The molecule has 0 aliphatic heterocycles. The van der Waals surface area contributed by atoms with Crippen molar-refractivity contribution in [2.24, 2.45) is 0 Å². The van der Waals surface area contributed by atoms with Gasteiger partial charge in [0.05, 0.1) is 17.9 Å². The molecule has 6 nitrogen and oxygen atoms in total. The highest BCUT2D eigenvalue weighted by molar-refractivity contribution is 6.01. The van der Waals surface area contributed by atoms with Gasteiger partial charge in [0.15, 0.2) is 6.10 Å². The second-order valence-corrected chi connectivity index (χ2v) is 3.04. The Morgan fingerprint density at radius 2 is 1.94 bits per heavy atom. The molecule has 86 valence electrons. The molecule has 0 aromatic heterocycles. The van der Waals surface area contributed by atoms with Gasteiger partial charge in [-0.2, -0.15) is 0 Å². The van der Waals surface area contributed by atoms with E-state index < -0.39 is 24.6 Å². The molecule has 0 spiro atoms. The van der Waals surface area contributed by atoms with E-state index in [1.165, 1.54) is 18.2 Å². The van der Waals surface area contributed by atoms with Crippen LogP contribution in [0, 0.1) is 0 Å². The lowest BCUT2D eigenvalue weighted by molar-refractivity contribution is -0.125. The van der Waals surface area contributed by atoms with E-state index in [-0.39, 0.29) is 11.3 Å². The van der Waals surface area contributed by atoms with Crippen LogP contribution in [0.15, 0.2) is 24.3 Å². The molecule has 0 saturated carbocycles. The first-order valence-electron chi connectivity index (χ1n) is 4.48. The number of aliphatic hydroxyl groups excluding tert-OH is 2. The SMILES string of the molecule is O=C(O)c1ccccc1NC(=O)C(O)CO. The molecule has 6 heteroatoms. The number of anilines is 1. The normalized spacial score (nSPS) is 11.9. The molecule has 4 N–H and O–H groups in total. The Labute approximate surface area is 91.1 Å². The van der Waals surface area contributed by atoms with Crippen LogP contribution in [0.5, 0.6) is 0 Å². The third kappa shape index (κ3) is 2.78. The zero-order chi connectivity index (χ0) is 12.1. The Morgan fingerprint density at radius 3 is 2.50 bits per heavy atom. The monoisotopic (exact) mass is 225 g/mol. The predicted octanol–water partition coefficient (Wildman–Crippen LogP) is -0.324. The molecule has 1 aromatic rings. The van der Waals surface area contributed by atoms with E-state index in [4.69, 9.17) is 15.3 Å². The molecule has 16 heavy (non-hydrogen) atoms. The number of hydrogen-bond acceptors (Lipinski definition) is 4. The summed E-state index contributed by atoms with van der Waals surface area (Å²) in [4.78, 5) is 22.0. The third-order valence-electron chi connectivity index (χ3n) is 1.89. The van der Waals surface area contributed by atoms with Gasteiger partial charge in [-0.1, -0.05) is 12.1 Å². The molecule has 0 radical (unpaired) electrons. The molecule has 0 bridgehead atoms. The molecule has 1 aromatic carbocycles. The maximum Gasteiger partial charge on any atom is 0.337 e. The van der Waals surface area contributed by atoms with Crippen LogP contribution in [0.4, 0.5) is 5.69 Å². The van der Waals surface area contributed by atoms with E-state index in [9.17, 15) is 9.59 Å². The van der Waals surface area contributed by atoms with Gasteiger partial charge in [0, 0.05) is 0 Å². The van der Waals surface area contributed by atoms with Gasteiger partial charge in [-0.25, -0.2) is 4.79 Å². The summed E-state index contributed by atoms with van der Waals surface area (Å²) in [6, 6.07) is 5.78. The van der Waals surface area contributed by atoms with Gasteiger partial charge < -0.3 is 20.6 Å². The number of benzene rings is 1. The number of carboxylic acid groups (broad SMARTS) is 1. The lowest BCUT2D eigenvalue weighted by atomic mass is 10.1. The highest BCUT2D eigenvalue weighted by Gasteiger charge is 2.16. The molecule has 1 rings (SSSR count). The van der Waals surface area contributed by atoms with Crippen molar-refractivity contribution in [3.8, 4) is 0 Å². The lowest BCUT2D eigenvalue weighted by Crippen LogP contribution is -2.31. The maximum atomic E-state index is 11.2. The number of aromatic carboxylic acids is 1. The summed E-state index contributed by atoms with van der Waals surface area (Å²) in [5, 5.41) is 28.6. The van der Waals surface area contributed by atoms with Crippen molar-refractivity contribution in [3.63, 3.8) is 0 Å². The standard InChI is InChI=1S/C10H11NO5/c12-5-8(13)9(14)11-7-4-2-1-3-6(7)10(15)16/h1-4,8,12-13H,5H2,(H,11,14)(H,15,16). The molecule has 0 aliphatic carbocycles. The Morgan fingerprint density at radius 1 is 1.31 bits per heavy atom. The van der Waals surface area contributed by atoms with Gasteiger partial charge >= 0.3 is 5.97 Å². The summed E-state index contributed by atoms with van der Waals surface area (Å²) in [5.74, 6) is -2.04. The van der Waals surface area contributed by atoms with E-state index >= 15 is 0 Å². The quantitative estimate of drug-likeness (QED) is 0.561. The second kappa shape index (κ2) is 5.24. The number of aliphatic hydroxyl groups is 2. The first-order chi connectivity index (χ1) is 7.56. The fraction of sp³-hybridized carbons (Fsp3) is 0.200. The topological polar surface area (TPSA) is 107 Å². The smallest absolute Gasteiger partial charge is 0.337 e. The van der Waals surface area contributed by atoms with E-state index in [1.54, 1.807) is 6.07 Å². The summed E-state index contributed by atoms with van der Waals surface area (Å²) < 4.78 is 0. The first kappa shape index (κ1) is 12.2. The molecule has 0 heterocycles. The molecular formula is C10H11NO5. The number of carbonyl (C=O) groups is 2. The molecule has 1 unspecified atom stereocenters. The minimum Gasteiger partial charge on any atom is -0.478 e. The van der Waals surface area contributed by atoms with Crippen molar-refractivity contribution < 1.29 is 24.9 Å². The van der Waals surface area contributed by atoms with Crippen LogP contribution >= 0.6 is 0 Å². The minimum absolute atomic E-state index is 0.0764. The van der Waals surface area contributed by atoms with Crippen molar-refractivity contribution in [2.45, 2.75) is 6.10 Å². The van der Waals surface area contributed by atoms with Crippen LogP contribution in [0.1, 0.15) is 10.4 Å². The first-order valence-corrected chi connectivity index (χ1v) is 4.48. The van der Waals surface area contributed by atoms with Crippen molar-refractivity contribution in [1.82, 2.24) is 0 Å². The van der Waals surface area contributed by atoms with Crippen LogP contribution in [-0.2, 0) is 4.79 Å². The van der Waals surface area contributed by atoms with E-state index in [0.717, 1.165) is 0 Å². The number of carboxylic acids is 1. The molecule has 0 aliphatic rings. The zero-order valence-corrected chi connectivity index (χ0v) is 8.25. The fourth-order valence-electron chi connectivity index (χ4n) is 1.08. The minimum atomic E-state index is -1.57. The van der Waals surface area contributed by atoms with Crippen molar-refractivity contribution in [3.05, 3.63) is 29.8 Å². The van der Waals surface area contributed by atoms with E-state index in [2.05, 4.69) is 5.32 Å². The Hall–Kier alpha value is -1.92. The number of para-hydroxylation sites is 1. The number of amides is 1. The second-order valence-electron chi connectivity index (χ2n) is 3.04. The Kier molecular flexibility index (Phi) is 3.98. The highest BCUT2D eigenvalue weighted by Crippen LogP contribution is 2.14. The van der Waals surface area contributed by atoms with Crippen LogP contribution in [0.25, 0.3) is 0 Å². The summed E-state index contributed by atoms with van der Waals surface area (Å²) >= 11 is 0. The number of nitrogens with one attached hydrogen (secondary N) is 1. The summed E-state index contributed by atoms with van der Waals surface area (Å²) in [6.45, 7) is -0.721. The Bertz CT molecular complexity index is 404. The molecular weight excluding hydrogens is 214 g/mol. The molecule has 1 amide bonds. The van der Waals surface area contributed by atoms with Crippen molar-refractivity contribution >= 4 is 17.6 Å². The average molecular weight is 225 g/mol. The Balaban J connectivity index is 2.89. The summed E-state index contributed by atoms with van der Waals surface area (Å²) in [6.07, 6.45) is -1.57. The maximum absolute atomic E-state index is 11.2. The van der Waals surface area contributed by atoms with Gasteiger partial charge in [-0.15, -0.1) is 0 Å². The average Bonchev–Trinajstić information content (AvgIpc) is 2.28. The van der Waals surface area contributed by atoms with Gasteiger partial charge in [0.25, 0.3) is 5.91 Å². The molecule has 1 atom stereocenters. The van der Waals surface area contributed by atoms with Crippen LogP contribution < -0.4 is 5.32 Å². The van der Waals surface area contributed by atoms with Crippen molar-refractivity contribution in [2.75, 3.05) is 11.9 Å². The van der Waals surface area contributed by atoms with Gasteiger partial charge in [-0.05, 0) is 12.1 Å². The van der Waals surface area contributed by atoms with Crippen LogP contribution in [0.3, 0.4) is 0 Å². The van der Waals surface area contributed by atoms with Gasteiger partial charge in [0.1, 0.15) is 0 Å². The van der Waals surface area contributed by atoms with E-state index in [0.29, 0.717) is 0 Å². The summed E-state index contributed by atoms with van der Waals surface area (Å²) in [7, 11) is 0. The van der Waals surface area contributed by atoms with Crippen molar-refractivity contribution in [1.29, 1.82) is 0 Å². The van der Waals surface area contributed by atoms with E-state index in [1.807, 2.05) is 0 Å². The van der Waals surface area contributed by atoms with Gasteiger partial charge in [0.2, 0.25) is 0 Å².